The Balaban J connectivity index is 1.90. The van der Waals surface area contributed by atoms with Gasteiger partial charge in [-0.05, 0) is 38.1 Å². The molecule has 0 aliphatic carbocycles. The van der Waals surface area contributed by atoms with Crippen molar-refractivity contribution in [1.82, 2.24) is 4.90 Å². The average molecular weight is 246 g/mol. The monoisotopic (exact) mass is 246 g/mol. The first-order valence-corrected chi connectivity index (χ1v) is 6.81. The van der Waals surface area contributed by atoms with Crippen LogP contribution in [0.1, 0.15) is 25.7 Å². The predicted octanol–water partition coefficient (Wildman–Crippen LogP) is 2.53. The van der Waals surface area contributed by atoms with Crippen molar-refractivity contribution in [2.75, 3.05) is 31.6 Å². The third-order valence-corrected chi connectivity index (χ3v) is 3.58. The lowest BCUT2D eigenvalue weighted by Crippen LogP contribution is -2.38. The highest BCUT2D eigenvalue weighted by atomic mass is 16.2. The van der Waals surface area contributed by atoms with E-state index in [4.69, 9.17) is 0 Å². The molecular formula is C15H22N2O. The van der Waals surface area contributed by atoms with E-state index >= 15 is 0 Å². The summed E-state index contributed by atoms with van der Waals surface area (Å²) >= 11 is 0. The van der Waals surface area contributed by atoms with Crippen LogP contribution >= 0.6 is 0 Å². The molecule has 3 heteroatoms. The van der Waals surface area contributed by atoms with Crippen LogP contribution in [0.25, 0.3) is 0 Å². The second kappa shape index (κ2) is 6.55. The van der Waals surface area contributed by atoms with Gasteiger partial charge < -0.3 is 4.90 Å². The van der Waals surface area contributed by atoms with Crippen molar-refractivity contribution >= 4 is 11.6 Å². The summed E-state index contributed by atoms with van der Waals surface area (Å²) in [5.41, 5.74) is 0.970. The summed E-state index contributed by atoms with van der Waals surface area (Å²) in [6.45, 7) is 2.67. The minimum Gasteiger partial charge on any atom is -0.314 e. The normalized spacial score (nSPS) is 17.2. The first-order valence-electron chi connectivity index (χ1n) is 6.81. The molecule has 18 heavy (non-hydrogen) atoms. The van der Waals surface area contributed by atoms with Gasteiger partial charge in [-0.1, -0.05) is 31.0 Å². The number of hydrogen-bond donors (Lipinski definition) is 0. The topological polar surface area (TPSA) is 23.6 Å². The van der Waals surface area contributed by atoms with E-state index in [0.717, 1.165) is 18.8 Å². The molecule has 1 heterocycles. The molecule has 0 unspecified atom stereocenters. The van der Waals surface area contributed by atoms with Gasteiger partial charge in [0.05, 0.1) is 6.54 Å². The molecule has 0 saturated carbocycles. The molecule has 3 nitrogen and oxygen atoms in total. The van der Waals surface area contributed by atoms with Crippen molar-refractivity contribution in [3.05, 3.63) is 30.3 Å². The molecule has 0 spiro atoms. The second-order valence-corrected chi connectivity index (χ2v) is 4.98. The summed E-state index contributed by atoms with van der Waals surface area (Å²) in [6, 6.07) is 9.84. The summed E-state index contributed by atoms with van der Waals surface area (Å²) in [4.78, 5) is 16.2. The molecule has 1 aromatic rings. The lowest BCUT2D eigenvalue weighted by Gasteiger charge is -2.23. The Hall–Kier alpha value is -1.35. The fourth-order valence-electron chi connectivity index (χ4n) is 2.39. The van der Waals surface area contributed by atoms with E-state index in [1.165, 1.54) is 25.7 Å². The van der Waals surface area contributed by atoms with Crippen molar-refractivity contribution in [2.45, 2.75) is 25.7 Å². The lowest BCUT2D eigenvalue weighted by molar-refractivity contribution is -0.119. The molecule has 0 atom stereocenters. The highest BCUT2D eigenvalue weighted by Crippen LogP contribution is 2.13. The Morgan fingerprint density at radius 2 is 1.72 bits per heavy atom. The van der Waals surface area contributed by atoms with Gasteiger partial charge in [0.25, 0.3) is 0 Å². The fourth-order valence-corrected chi connectivity index (χ4v) is 2.39. The zero-order chi connectivity index (χ0) is 12.8. The Morgan fingerprint density at radius 1 is 1.11 bits per heavy atom. The van der Waals surface area contributed by atoms with Gasteiger partial charge >= 0.3 is 0 Å². The molecule has 1 amide bonds. The molecule has 1 aromatic carbocycles. The quantitative estimate of drug-likeness (QED) is 0.818. The number of likely N-dealkylation sites (N-methyl/N-ethyl adjacent to an activating group) is 1. The SMILES string of the molecule is CN(C(=O)CN1CCCCCC1)c1ccccc1. The molecule has 1 fully saturated rings. The van der Waals surface area contributed by atoms with Gasteiger partial charge in [-0.25, -0.2) is 0 Å². The third kappa shape index (κ3) is 3.57. The fraction of sp³-hybridized carbons (Fsp3) is 0.533. The molecule has 0 N–H and O–H groups in total. The number of likely N-dealkylation sites (tertiary alicyclic amines) is 1. The molecule has 0 radical (unpaired) electrons. The maximum atomic E-state index is 12.2. The standard InChI is InChI=1S/C15H22N2O/c1-16(14-9-5-4-6-10-14)15(18)13-17-11-7-2-3-8-12-17/h4-6,9-10H,2-3,7-8,11-13H2,1H3. The first-order chi connectivity index (χ1) is 8.77. The maximum Gasteiger partial charge on any atom is 0.240 e. The molecule has 1 aliphatic rings. The van der Waals surface area contributed by atoms with Gasteiger partial charge in [0, 0.05) is 12.7 Å². The molecule has 1 saturated heterocycles. The first kappa shape index (κ1) is 13.1. The summed E-state index contributed by atoms with van der Waals surface area (Å²) in [6.07, 6.45) is 5.06. The van der Waals surface area contributed by atoms with E-state index in [1.807, 2.05) is 37.4 Å². The van der Waals surface area contributed by atoms with E-state index in [-0.39, 0.29) is 5.91 Å². The van der Waals surface area contributed by atoms with Crippen molar-refractivity contribution in [1.29, 1.82) is 0 Å². The highest BCUT2D eigenvalue weighted by Gasteiger charge is 2.16. The van der Waals surface area contributed by atoms with Crippen molar-refractivity contribution in [3.8, 4) is 0 Å². The Bertz CT molecular complexity index is 369. The summed E-state index contributed by atoms with van der Waals surface area (Å²) < 4.78 is 0. The molecule has 1 aliphatic heterocycles. The van der Waals surface area contributed by atoms with Crippen LogP contribution in [0.15, 0.2) is 30.3 Å². The van der Waals surface area contributed by atoms with Crippen LogP contribution in [0, 0.1) is 0 Å². The zero-order valence-corrected chi connectivity index (χ0v) is 11.1. The Kier molecular flexibility index (Phi) is 4.76. The van der Waals surface area contributed by atoms with Crippen LogP contribution in [0.5, 0.6) is 0 Å². The number of benzene rings is 1. The molecule has 98 valence electrons. The van der Waals surface area contributed by atoms with Gasteiger partial charge in [-0.15, -0.1) is 0 Å². The molecule has 2 rings (SSSR count). The van der Waals surface area contributed by atoms with Gasteiger partial charge in [0.1, 0.15) is 0 Å². The number of carbonyl (C=O) groups is 1. The van der Waals surface area contributed by atoms with Gasteiger partial charge in [0.15, 0.2) is 0 Å². The maximum absolute atomic E-state index is 12.2. The number of carbonyl (C=O) groups excluding carboxylic acids is 1. The smallest absolute Gasteiger partial charge is 0.240 e. The van der Waals surface area contributed by atoms with E-state index in [2.05, 4.69) is 4.90 Å². The minimum absolute atomic E-state index is 0.183. The predicted molar refractivity (Wildman–Crippen MR) is 74.8 cm³/mol. The number of hydrogen-bond acceptors (Lipinski definition) is 2. The number of para-hydroxylation sites is 1. The molecule has 0 bridgehead atoms. The van der Waals surface area contributed by atoms with E-state index in [1.54, 1.807) is 4.90 Å². The minimum atomic E-state index is 0.183. The summed E-state index contributed by atoms with van der Waals surface area (Å²) in [5, 5.41) is 0. The van der Waals surface area contributed by atoms with E-state index in [0.29, 0.717) is 6.54 Å². The second-order valence-electron chi connectivity index (χ2n) is 4.98. The number of anilines is 1. The van der Waals surface area contributed by atoms with Gasteiger partial charge in [-0.3, -0.25) is 9.69 Å². The molecular weight excluding hydrogens is 224 g/mol. The lowest BCUT2D eigenvalue weighted by atomic mass is 10.2. The van der Waals surface area contributed by atoms with Crippen LogP contribution in [0.3, 0.4) is 0 Å². The van der Waals surface area contributed by atoms with Crippen LogP contribution in [0.4, 0.5) is 5.69 Å². The van der Waals surface area contributed by atoms with Crippen molar-refractivity contribution in [2.24, 2.45) is 0 Å². The Morgan fingerprint density at radius 3 is 2.33 bits per heavy atom. The highest BCUT2D eigenvalue weighted by molar-refractivity contribution is 5.94. The van der Waals surface area contributed by atoms with Crippen LogP contribution < -0.4 is 4.90 Å². The van der Waals surface area contributed by atoms with E-state index < -0.39 is 0 Å². The Labute approximate surface area is 109 Å². The van der Waals surface area contributed by atoms with Crippen molar-refractivity contribution in [3.63, 3.8) is 0 Å². The number of amides is 1. The largest absolute Gasteiger partial charge is 0.314 e. The van der Waals surface area contributed by atoms with Gasteiger partial charge in [-0.2, -0.15) is 0 Å². The van der Waals surface area contributed by atoms with Crippen LogP contribution in [0.2, 0.25) is 0 Å². The number of nitrogens with zero attached hydrogens (tertiary/aromatic N) is 2. The van der Waals surface area contributed by atoms with Gasteiger partial charge in [0.2, 0.25) is 5.91 Å². The number of rotatable bonds is 3. The summed E-state index contributed by atoms with van der Waals surface area (Å²) in [7, 11) is 1.86. The van der Waals surface area contributed by atoms with Crippen molar-refractivity contribution < 1.29 is 4.79 Å². The van der Waals surface area contributed by atoms with E-state index in [9.17, 15) is 4.79 Å². The molecule has 0 aromatic heterocycles. The van der Waals surface area contributed by atoms with Crippen LogP contribution in [-0.2, 0) is 4.79 Å². The zero-order valence-electron chi connectivity index (χ0n) is 11.1. The summed E-state index contributed by atoms with van der Waals surface area (Å²) in [5.74, 6) is 0.183. The average Bonchev–Trinajstić information content (AvgIpc) is 2.67. The third-order valence-electron chi connectivity index (χ3n) is 3.58. The van der Waals surface area contributed by atoms with Crippen LogP contribution in [-0.4, -0.2) is 37.5 Å².